The van der Waals surface area contributed by atoms with Crippen molar-refractivity contribution >= 4 is 32.5 Å². The number of benzene rings is 3. The molecule has 1 N–H and O–H groups in total. The van der Waals surface area contributed by atoms with Gasteiger partial charge in [0.05, 0.1) is 17.7 Å². The van der Waals surface area contributed by atoms with Crippen molar-refractivity contribution in [1.29, 1.82) is 0 Å². The fourth-order valence-corrected chi connectivity index (χ4v) is 5.30. The van der Waals surface area contributed by atoms with Gasteiger partial charge in [-0.1, -0.05) is 36.4 Å². The Morgan fingerprint density at radius 2 is 1.77 bits per heavy atom. The minimum absolute atomic E-state index is 0.0421. The summed E-state index contributed by atoms with van der Waals surface area (Å²) >= 11 is 0. The lowest BCUT2D eigenvalue weighted by Crippen LogP contribution is -2.29. The molecule has 0 aliphatic heterocycles. The largest absolute Gasteiger partial charge is 0.495 e. The van der Waals surface area contributed by atoms with E-state index < -0.39 is 10.0 Å². The zero-order chi connectivity index (χ0) is 25.0. The zero-order valence-corrected chi connectivity index (χ0v) is 20.9. The first-order chi connectivity index (χ1) is 16.8. The molecule has 7 nitrogen and oxygen atoms in total. The van der Waals surface area contributed by atoms with Gasteiger partial charge in [-0.2, -0.15) is 0 Å². The van der Waals surface area contributed by atoms with Crippen LogP contribution in [-0.4, -0.2) is 39.6 Å². The summed E-state index contributed by atoms with van der Waals surface area (Å²) in [5.41, 5.74) is 2.62. The molecule has 0 fully saturated rings. The van der Waals surface area contributed by atoms with Crippen molar-refractivity contribution in [2.24, 2.45) is 0 Å². The summed E-state index contributed by atoms with van der Waals surface area (Å²) < 4.78 is 35.3. The number of fused-ring (bicyclic) bond motifs is 1. The number of aromatic nitrogens is 1. The molecule has 0 unspecified atom stereocenters. The zero-order valence-electron chi connectivity index (χ0n) is 20.1. The van der Waals surface area contributed by atoms with E-state index in [-0.39, 0.29) is 10.8 Å². The predicted molar refractivity (Wildman–Crippen MR) is 139 cm³/mol. The van der Waals surface area contributed by atoms with Crippen molar-refractivity contribution in [3.05, 3.63) is 90.1 Å². The molecule has 0 aliphatic rings. The minimum atomic E-state index is -3.90. The van der Waals surface area contributed by atoms with Crippen molar-refractivity contribution in [1.82, 2.24) is 9.88 Å². The molecule has 4 rings (SSSR count). The van der Waals surface area contributed by atoms with E-state index in [1.54, 1.807) is 37.3 Å². The first kappa shape index (κ1) is 24.3. The van der Waals surface area contributed by atoms with Gasteiger partial charge >= 0.3 is 0 Å². The number of methoxy groups -OCH3 is 1. The summed E-state index contributed by atoms with van der Waals surface area (Å²) in [6.45, 7) is 3.04. The number of amides is 1. The average Bonchev–Trinajstić information content (AvgIpc) is 3.29. The van der Waals surface area contributed by atoms with Gasteiger partial charge in [0.25, 0.3) is 15.9 Å². The summed E-state index contributed by atoms with van der Waals surface area (Å²) in [6, 6.07) is 21.7. The van der Waals surface area contributed by atoms with Gasteiger partial charge in [0.2, 0.25) is 0 Å². The summed E-state index contributed by atoms with van der Waals surface area (Å²) in [6.07, 6.45) is 2.79. The van der Waals surface area contributed by atoms with Crippen LogP contribution in [0.25, 0.3) is 10.9 Å². The highest BCUT2D eigenvalue weighted by molar-refractivity contribution is 7.92. The molecule has 8 heteroatoms. The van der Waals surface area contributed by atoms with Gasteiger partial charge in [-0.15, -0.1) is 0 Å². The number of aryl methyl sites for hydroxylation is 2. The predicted octanol–water partition coefficient (Wildman–Crippen LogP) is 4.60. The number of carbonyl (C=O) groups is 1. The quantitative estimate of drug-likeness (QED) is 0.347. The van der Waals surface area contributed by atoms with Crippen LogP contribution >= 0.6 is 0 Å². The third-order valence-electron chi connectivity index (χ3n) is 6.08. The molecule has 1 amide bonds. The number of para-hydroxylation sites is 3. The third-order valence-corrected chi connectivity index (χ3v) is 7.85. The lowest BCUT2D eigenvalue weighted by atomic mass is 10.1. The number of ether oxygens (including phenoxy) is 1. The first-order valence-electron chi connectivity index (χ1n) is 11.4. The smallest absolute Gasteiger partial charge is 0.264 e. The Hall–Kier alpha value is -3.78. The molecule has 0 saturated carbocycles. The van der Waals surface area contributed by atoms with Gasteiger partial charge in [0, 0.05) is 37.4 Å². The molecule has 0 aliphatic carbocycles. The molecule has 0 atom stereocenters. The van der Waals surface area contributed by atoms with E-state index in [0.29, 0.717) is 29.1 Å². The second kappa shape index (κ2) is 10.2. The molecule has 0 radical (unpaired) electrons. The minimum Gasteiger partial charge on any atom is -0.495 e. The molecule has 0 spiro atoms. The van der Waals surface area contributed by atoms with Gasteiger partial charge in [-0.25, -0.2) is 8.42 Å². The lowest BCUT2D eigenvalue weighted by molar-refractivity contribution is 0.0952. The van der Waals surface area contributed by atoms with Crippen LogP contribution in [0.2, 0.25) is 0 Å². The third kappa shape index (κ3) is 5.02. The van der Waals surface area contributed by atoms with Crippen LogP contribution in [0.3, 0.4) is 0 Å². The van der Waals surface area contributed by atoms with E-state index in [1.165, 1.54) is 36.0 Å². The van der Waals surface area contributed by atoms with E-state index >= 15 is 0 Å². The van der Waals surface area contributed by atoms with Crippen LogP contribution < -0.4 is 14.4 Å². The number of anilines is 1. The maximum atomic E-state index is 13.3. The second-order valence-corrected chi connectivity index (χ2v) is 10.3. The molecule has 4 aromatic rings. The summed E-state index contributed by atoms with van der Waals surface area (Å²) in [7, 11) is -0.941. The molecule has 1 heterocycles. The SMILES string of the molecule is COc1ccccc1N(C)S(=O)(=O)c1ccc(C)c(C(=O)NCCCn2ccc3ccccc32)c1. The van der Waals surface area contributed by atoms with Crippen LogP contribution in [0.5, 0.6) is 5.75 Å². The normalized spacial score (nSPS) is 11.4. The number of nitrogens with zero attached hydrogens (tertiary/aromatic N) is 2. The molecule has 0 bridgehead atoms. The van der Waals surface area contributed by atoms with Crippen molar-refractivity contribution in [2.45, 2.75) is 24.8 Å². The van der Waals surface area contributed by atoms with Crippen molar-refractivity contribution in [3.8, 4) is 5.75 Å². The van der Waals surface area contributed by atoms with E-state index in [0.717, 1.165) is 18.5 Å². The summed E-state index contributed by atoms with van der Waals surface area (Å²) in [4.78, 5) is 13.0. The van der Waals surface area contributed by atoms with Gasteiger partial charge in [-0.3, -0.25) is 9.10 Å². The monoisotopic (exact) mass is 491 g/mol. The molecule has 35 heavy (non-hydrogen) atoms. The lowest BCUT2D eigenvalue weighted by Gasteiger charge is -2.22. The first-order valence-corrected chi connectivity index (χ1v) is 12.8. The van der Waals surface area contributed by atoms with Crippen LogP contribution in [0, 0.1) is 6.92 Å². The number of hydrogen-bond acceptors (Lipinski definition) is 4. The highest BCUT2D eigenvalue weighted by Gasteiger charge is 2.25. The number of sulfonamides is 1. The van der Waals surface area contributed by atoms with Crippen molar-refractivity contribution in [3.63, 3.8) is 0 Å². The van der Waals surface area contributed by atoms with Crippen LogP contribution in [-0.2, 0) is 16.6 Å². The molecule has 1 aromatic heterocycles. The van der Waals surface area contributed by atoms with E-state index in [2.05, 4.69) is 28.1 Å². The van der Waals surface area contributed by atoms with Crippen LogP contribution in [0.4, 0.5) is 5.69 Å². The molecular weight excluding hydrogens is 462 g/mol. The maximum Gasteiger partial charge on any atom is 0.264 e. The Labute approximate surface area is 206 Å². The standard InChI is InChI=1S/C27H29N3O4S/c1-20-13-14-22(35(32,33)29(2)25-11-6-7-12-26(25)34-3)19-23(20)27(31)28-16-8-17-30-18-15-21-9-4-5-10-24(21)30/h4-7,9-15,18-19H,8,16-17H2,1-3H3,(H,28,31). The molecule has 182 valence electrons. The number of nitrogens with one attached hydrogen (secondary N) is 1. The van der Waals surface area contributed by atoms with E-state index in [1.807, 2.05) is 18.3 Å². The van der Waals surface area contributed by atoms with E-state index in [9.17, 15) is 13.2 Å². The topological polar surface area (TPSA) is 80.6 Å². The highest BCUT2D eigenvalue weighted by atomic mass is 32.2. The fraction of sp³-hybridized carbons (Fsp3) is 0.222. The van der Waals surface area contributed by atoms with Gasteiger partial charge in [-0.05, 0) is 60.7 Å². The molecule has 0 saturated heterocycles. The number of carbonyl (C=O) groups excluding carboxylic acids is 1. The molecular formula is C27H29N3O4S. The van der Waals surface area contributed by atoms with Gasteiger partial charge < -0.3 is 14.6 Å². The number of rotatable bonds is 9. The van der Waals surface area contributed by atoms with Crippen molar-refractivity contribution < 1.29 is 17.9 Å². The highest BCUT2D eigenvalue weighted by Crippen LogP contribution is 2.31. The Morgan fingerprint density at radius 3 is 2.57 bits per heavy atom. The van der Waals surface area contributed by atoms with Crippen LogP contribution in [0.1, 0.15) is 22.3 Å². The fourth-order valence-electron chi connectivity index (χ4n) is 4.07. The Kier molecular flexibility index (Phi) is 7.12. The molecule has 3 aromatic carbocycles. The Balaban J connectivity index is 1.45. The number of hydrogen-bond donors (Lipinski definition) is 1. The Bertz CT molecular complexity index is 1460. The second-order valence-electron chi connectivity index (χ2n) is 8.30. The maximum absolute atomic E-state index is 13.3. The average molecular weight is 492 g/mol. The van der Waals surface area contributed by atoms with E-state index in [4.69, 9.17) is 4.74 Å². The van der Waals surface area contributed by atoms with Gasteiger partial charge in [0.1, 0.15) is 5.75 Å². The van der Waals surface area contributed by atoms with Crippen LogP contribution in [0.15, 0.2) is 83.9 Å². The van der Waals surface area contributed by atoms with Gasteiger partial charge in [0.15, 0.2) is 0 Å². The summed E-state index contributed by atoms with van der Waals surface area (Å²) in [5, 5.41) is 4.11. The Morgan fingerprint density at radius 1 is 1.03 bits per heavy atom. The van der Waals surface area contributed by atoms with Crippen molar-refractivity contribution in [2.75, 3.05) is 25.0 Å². The summed E-state index contributed by atoms with van der Waals surface area (Å²) in [5.74, 6) is 0.149.